The van der Waals surface area contributed by atoms with Gasteiger partial charge in [0.05, 0.1) is 0 Å². The van der Waals surface area contributed by atoms with E-state index in [9.17, 15) is 14.4 Å². The minimum atomic E-state index is -1.03. The first-order valence-electron chi connectivity index (χ1n) is 20.7. The van der Waals surface area contributed by atoms with E-state index < -0.39 is 5.97 Å². The number of nitrogens with one attached hydrogen (secondary N) is 1. The van der Waals surface area contributed by atoms with E-state index in [1.54, 1.807) is 0 Å². The Labute approximate surface area is 329 Å². The lowest BCUT2D eigenvalue weighted by Gasteiger charge is -2.14. The van der Waals surface area contributed by atoms with Crippen molar-refractivity contribution in [2.75, 3.05) is 6.54 Å². The summed E-state index contributed by atoms with van der Waals surface area (Å²) in [6.07, 6.45) is 62.0. The Morgan fingerprint density at radius 1 is 0.500 bits per heavy atom. The highest BCUT2D eigenvalue weighted by atomic mass is 16.5. The van der Waals surface area contributed by atoms with Crippen LogP contribution in [0.1, 0.15) is 149 Å². The Morgan fingerprint density at radius 2 is 0.907 bits per heavy atom. The minimum Gasteiger partial charge on any atom is -0.480 e. The third-order valence-corrected chi connectivity index (χ3v) is 8.11. The minimum absolute atomic E-state index is 0.142. The molecule has 0 bridgehead atoms. The van der Waals surface area contributed by atoms with Gasteiger partial charge in [-0.15, -0.1) is 0 Å². The number of esters is 1. The number of hydrogen-bond donors (Lipinski definition) is 2. The van der Waals surface area contributed by atoms with Crippen LogP contribution < -0.4 is 5.32 Å². The van der Waals surface area contributed by atoms with Gasteiger partial charge in [-0.25, -0.2) is 0 Å². The number of carbonyl (C=O) groups is 3. The molecule has 0 aliphatic carbocycles. The van der Waals surface area contributed by atoms with E-state index >= 15 is 0 Å². The van der Waals surface area contributed by atoms with Crippen molar-refractivity contribution in [2.45, 2.75) is 155 Å². The van der Waals surface area contributed by atoms with Crippen molar-refractivity contribution in [3.05, 3.63) is 122 Å². The van der Waals surface area contributed by atoms with Gasteiger partial charge < -0.3 is 15.2 Å². The van der Waals surface area contributed by atoms with Gasteiger partial charge in [0.25, 0.3) is 0 Å². The highest BCUT2D eigenvalue weighted by Crippen LogP contribution is 2.14. The zero-order valence-corrected chi connectivity index (χ0v) is 33.8. The Bertz CT molecular complexity index is 1230. The fourth-order valence-electron chi connectivity index (χ4n) is 5.14. The summed E-state index contributed by atoms with van der Waals surface area (Å²) in [5.74, 6) is -1.38. The van der Waals surface area contributed by atoms with Crippen LogP contribution in [0.25, 0.3) is 0 Å². The Kier molecular flexibility index (Phi) is 38.3. The highest BCUT2D eigenvalue weighted by Gasteiger charge is 2.11. The van der Waals surface area contributed by atoms with Gasteiger partial charge in [0.15, 0.2) is 0 Å². The number of carboxylic acid groups (broad SMARTS) is 1. The van der Waals surface area contributed by atoms with Crippen LogP contribution >= 0.6 is 0 Å². The lowest BCUT2D eigenvalue weighted by Crippen LogP contribution is -2.28. The predicted molar refractivity (Wildman–Crippen MR) is 230 cm³/mol. The molecule has 0 heterocycles. The van der Waals surface area contributed by atoms with Crippen molar-refractivity contribution < 1.29 is 24.2 Å². The zero-order chi connectivity index (χ0) is 39.4. The zero-order valence-electron chi connectivity index (χ0n) is 33.8. The van der Waals surface area contributed by atoms with Gasteiger partial charge in [-0.05, 0) is 102 Å². The summed E-state index contributed by atoms with van der Waals surface area (Å²) in [7, 11) is 0. The number of allylic oxidation sites excluding steroid dienone is 19. The van der Waals surface area contributed by atoms with Crippen LogP contribution in [0.2, 0.25) is 0 Å². The summed E-state index contributed by atoms with van der Waals surface area (Å²) < 4.78 is 5.87. The molecule has 300 valence electrons. The van der Waals surface area contributed by atoms with Gasteiger partial charge >= 0.3 is 11.9 Å². The molecule has 2 N–H and O–H groups in total. The van der Waals surface area contributed by atoms with Gasteiger partial charge in [-0.2, -0.15) is 0 Å². The number of carbonyl (C=O) groups excluding carboxylic acids is 2. The first-order chi connectivity index (χ1) is 26.5. The summed E-state index contributed by atoms with van der Waals surface area (Å²) in [6, 6.07) is 0. The fourth-order valence-corrected chi connectivity index (χ4v) is 5.14. The average Bonchev–Trinajstić information content (AvgIpc) is 3.16. The third-order valence-electron chi connectivity index (χ3n) is 8.11. The molecule has 0 radical (unpaired) electrons. The summed E-state index contributed by atoms with van der Waals surface area (Å²) in [6.45, 7) is 3.96. The van der Waals surface area contributed by atoms with E-state index in [-0.39, 0.29) is 24.5 Å². The molecule has 6 heteroatoms. The van der Waals surface area contributed by atoms with Crippen LogP contribution in [0.4, 0.5) is 0 Å². The molecule has 0 aromatic carbocycles. The van der Waals surface area contributed by atoms with Crippen LogP contribution in [0.3, 0.4) is 0 Å². The molecular formula is C48H73NO5. The third kappa shape index (κ3) is 40.6. The lowest BCUT2D eigenvalue weighted by atomic mass is 10.1. The van der Waals surface area contributed by atoms with E-state index in [1.807, 2.05) is 6.08 Å². The quantitative estimate of drug-likeness (QED) is 0.0383. The number of rotatable bonds is 35. The van der Waals surface area contributed by atoms with Crippen LogP contribution in [-0.2, 0) is 19.1 Å². The lowest BCUT2D eigenvalue weighted by molar-refractivity contribution is -0.147. The first kappa shape index (κ1) is 49.8. The van der Waals surface area contributed by atoms with Crippen molar-refractivity contribution in [1.82, 2.24) is 5.32 Å². The molecule has 0 saturated carbocycles. The first-order valence-corrected chi connectivity index (χ1v) is 20.7. The average molecular weight is 744 g/mol. The number of carboxylic acids is 1. The molecular weight excluding hydrogens is 671 g/mol. The number of aliphatic carboxylic acids is 1. The second kappa shape index (κ2) is 41.6. The summed E-state index contributed by atoms with van der Waals surface area (Å²) in [5, 5.41) is 11.0. The maximum atomic E-state index is 12.7. The molecule has 0 aromatic heterocycles. The molecule has 0 aliphatic heterocycles. The van der Waals surface area contributed by atoms with E-state index in [1.165, 1.54) is 0 Å². The van der Waals surface area contributed by atoms with Crippen molar-refractivity contribution in [3.63, 3.8) is 0 Å². The number of amides is 1. The number of unbranched alkanes of at least 4 members (excludes halogenated alkanes) is 6. The van der Waals surface area contributed by atoms with Gasteiger partial charge in [0.1, 0.15) is 12.6 Å². The smallest absolute Gasteiger partial charge is 0.322 e. The molecule has 0 fully saturated rings. The molecule has 0 aliphatic rings. The highest BCUT2D eigenvalue weighted by molar-refractivity contribution is 5.80. The Hall–Kier alpha value is -4.19. The second-order valence-corrected chi connectivity index (χ2v) is 13.1. The van der Waals surface area contributed by atoms with E-state index in [0.717, 1.165) is 122 Å². The molecule has 1 amide bonds. The molecule has 54 heavy (non-hydrogen) atoms. The Morgan fingerprint density at radius 3 is 1.37 bits per heavy atom. The van der Waals surface area contributed by atoms with Gasteiger partial charge in [-0.3, -0.25) is 14.4 Å². The SMILES string of the molecule is CC/C=C\C/C=C\C/C=C\C/C=C\C/C=C\C/C=C\C/C=C\CCCC(=O)OC(/C=C\C/C=C\C/C=C\CC)CCCCCCCCC(=O)NCC(=O)O. The largest absolute Gasteiger partial charge is 0.480 e. The van der Waals surface area contributed by atoms with Crippen LogP contribution in [0.15, 0.2) is 122 Å². The number of hydrogen-bond acceptors (Lipinski definition) is 4. The molecule has 0 spiro atoms. The summed E-state index contributed by atoms with van der Waals surface area (Å²) in [4.78, 5) is 34.8. The van der Waals surface area contributed by atoms with E-state index in [0.29, 0.717) is 12.8 Å². The standard InChI is InChI=1S/C48H73NO5/c1-3-5-7-9-11-13-14-15-16-17-18-19-20-21-22-23-24-25-26-27-29-35-39-43-48(53)54-45(40-36-32-28-12-10-8-6-4-2)41-37-33-30-31-34-38-42-46(50)49-44-47(51)52/h5-8,11-13,15-16,18-19,21-22,24-25,27-29,36,40,45H,3-4,9-10,14,17,20,23,26,30-35,37-39,41-44H2,1-2H3,(H,49,50)(H,51,52)/b7-5-,8-6-,13-11-,16-15-,19-18-,22-21-,25-24-,28-12-,29-27-,40-36-. The second-order valence-electron chi connectivity index (χ2n) is 13.1. The van der Waals surface area contributed by atoms with Crippen LogP contribution in [0, 0.1) is 0 Å². The van der Waals surface area contributed by atoms with Crippen molar-refractivity contribution in [3.8, 4) is 0 Å². The molecule has 1 atom stereocenters. The topological polar surface area (TPSA) is 92.7 Å². The maximum absolute atomic E-state index is 12.7. The van der Waals surface area contributed by atoms with Crippen LogP contribution in [0.5, 0.6) is 0 Å². The molecule has 6 nitrogen and oxygen atoms in total. The van der Waals surface area contributed by atoms with Gasteiger partial charge in [0, 0.05) is 12.8 Å². The van der Waals surface area contributed by atoms with Gasteiger partial charge in [-0.1, -0.05) is 155 Å². The normalized spacial score (nSPS) is 13.4. The Balaban J connectivity index is 4.27. The van der Waals surface area contributed by atoms with Crippen molar-refractivity contribution in [1.29, 1.82) is 0 Å². The van der Waals surface area contributed by atoms with E-state index in [4.69, 9.17) is 9.84 Å². The van der Waals surface area contributed by atoms with Gasteiger partial charge in [0.2, 0.25) is 5.91 Å². The summed E-state index contributed by atoms with van der Waals surface area (Å²) >= 11 is 0. The number of ether oxygens (including phenoxy) is 1. The van der Waals surface area contributed by atoms with Crippen molar-refractivity contribution in [2.24, 2.45) is 0 Å². The van der Waals surface area contributed by atoms with Crippen LogP contribution in [-0.4, -0.2) is 35.6 Å². The molecule has 1 unspecified atom stereocenters. The van der Waals surface area contributed by atoms with Crippen molar-refractivity contribution >= 4 is 17.8 Å². The molecule has 0 saturated heterocycles. The monoisotopic (exact) mass is 744 g/mol. The fraction of sp³-hybridized carbons (Fsp3) is 0.521. The molecule has 0 aromatic rings. The van der Waals surface area contributed by atoms with E-state index in [2.05, 4.69) is 135 Å². The predicted octanol–water partition coefficient (Wildman–Crippen LogP) is 12.9. The summed E-state index contributed by atoms with van der Waals surface area (Å²) in [5.41, 5.74) is 0. The molecule has 0 rings (SSSR count). The maximum Gasteiger partial charge on any atom is 0.322 e.